The Balaban J connectivity index is 1.36. The Morgan fingerprint density at radius 3 is 1.23 bits per heavy atom. The molecule has 4 nitrogen and oxygen atoms in total. The van der Waals surface area contributed by atoms with Crippen molar-refractivity contribution >= 4 is 0 Å². The molecule has 48 heavy (non-hydrogen) atoms. The van der Waals surface area contributed by atoms with Gasteiger partial charge in [-0.25, -0.2) is 5.01 Å². The van der Waals surface area contributed by atoms with E-state index in [1.54, 1.807) is 0 Å². The first-order chi connectivity index (χ1) is 23.8. The van der Waals surface area contributed by atoms with Gasteiger partial charge in [-0.3, -0.25) is 15.6 Å². The molecule has 242 valence electrons. The molecule has 0 aliphatic rings. The summed E-state index contributed by atoms with van der Waals surface area (Å²) >= 11 is 0. The summed E-state index contributed by atoms with van der Waals surface area (Å²) in [6.45, 7) is 4.03. The van der Waals surface area contributed by atoms with Gasteiger partial charge in [0.15, 0.2) is 0 Å². The number of rotatable bonds is 17. The van der Waals surface area contributed by atoms with Crippen LogP contribution in [0.1, 0.15) is 39.4 Å². The number of benzene rings is 6. The van der Waals surface area contributed by atoms with Crippen LogP contribution in [0.3, 0.4) is 0 Å². The second kappa shape index (κ2) is 17.9. The van der Waals surface area contributed by atoms with Crippen molar-refractivity contribution < 1.29 is 0 Å². The quantitative estimate of drug-likeness (QED) is 0.0780. The summed E-state index contributed by atoms with van der Waals surface area (Å²) in [7, 11) is 0. The summed E-state index contributed by atoms with van der Waals surface area (Å²) in [6, 6.07) is 64.9. The molecule has 1 unspecified atom stereocenters. The molecule has 6 aromatic carbocycles. The summed E-state index contributed by atoms with van der Waals surface area (Å²) in [5.74, 6) is 0. The fourth-order valence-corrected chi connectivity index (χ4v) is 6.25. The molecule has 0 saturated heterocycles. The molecular weight excluding hydrogens is 585 g/mol. The molecule has 2 N–H and O–H groups in total. The molecule has 6 rings (SSSR count). The predicted octanol–water partition coefficient (Wildman–Crippen LogP) is 8.64. The molecule has 4 heteroatoms. The van der Waals surface area contributed by atoms with Gasteiger partial charge in [0.2, 0.25) is 0 Å². The number of hydrogen-bond acceptors (Lipinski definition) is 4. The van der Waals surface area contributed by atoms with Crippen LogP contribution in [0.25, 0.3) is 0 Å². The average molecular weight is 631 g/mol. The lowest BCUT2D eigenvalue weighted by molar-refractivity contribution is 0.0662. The van der Waals surface area contributed by atoms with E-state index in [0.29, 0.717) is 0 Å². The van der Waals surface area contributed by atoms with Crippen molar-refractivity contribution in [2.75, 3.05) is 13.1 Å². The monoisotopic (exact) mass is 630 g/mol. The van der Waals surface area contributed by atoms with Gasteiger partial charge < -0.3 is 0 Å². The molecule has 0 spiro atoms. The van der Waals surface area contributed by atoms with Crippen LogP contribution in [0.15, 0.2) is 182 Å². The molecule has 6 aromatic rings. The first-order valence-corrected chi connectivity index (χ1v) is 17.0. The highest BCUT2D eigenvalue weighted by Crippen LogP contribution is 2.25. The first kappa shape index (κ1) is 33.1. The van der Waals surface area contributed by atoms with E-state index in [0.717, 1.165) is 39.1 Å². The predicted molar refractivity (Wildman–Crippen MR) is 199 cm³/mol. The largest absolute Gasteiger partial charge is 0.290 e. The highest BCUT2D eigenvalue weighted by atomic mass is 15.5. The number of hydrogen-bond donors (Lipinski definition) is 2. The average Bonchev–Trinajstić information content (AvgIpc) is 3.15. The van der Waals surface area contributed by atoms with Gasteiger partial charge in [-0.1, -0.05) is 182 Å². The van der Waals surface area contributed by atoms with Crippen molar-refractivity contribution in [3.63, 3.8) is 0 Å². The van der Waals surface area contributed by atoms with Gasteiger partial charge in [-0.2, -0.15) is 0 Å². The van der Waals surface area contributed by atoms with Crippen LogP contribution >= 0.6 is 0 Å². The summed E-state index contributed by atoms with van der Waals surface area (Å²) in [5.41, 5.74) is 11.6. The van der Waals surface area contributed by atoms with Crippen LogP contribution in [0, 0.1) is 0 Å². The van der Waals surface area contributed by atoms with Gasteiger partial charge in [0.25, 0.3) is 0 Å². The minimum atomic E-state index is -0.0104. The van der Waals surface area contributed by atoms with Crippen molar-refractivity contribution in [2.24, 2.45) is 0 Å². The third-order valence-corrected chi connectivity index (χ3v) is 8.72. The molecule has 0 bridgehead atoms. The molecular formula is C44H46N4. The molecule has 0 aliphatic heterocycles. The minimum absolute atomic E-state index is 0.00865. The molecule has 0 fully saturated rings. The second-order valence-corrected chi connectivity index (χ2v) is 12.3. The second-order valence-electron chi connectivity index (χ2n) is 12.3. The lowest BCUT2D eigenvalue weighted by Gasteiger charge is -2.39. The topological polar surface area (TPSA) is 30.5 Å². The fraction of sp³-hybridized carbons (Fsp3) is 0.182. The first-order valence-electron chi connectivity index (χ1n) is 17.0. The molecule has 0 saturated carbocycles. The van der Waals surface area contributed by atoms with Crippen LogP contribution in [-0.2, 0) is 26.1 Å². The van der Waals surface area contributed by atoms with Crippen molar-refractivity contribution in [2.45, 2.75) is 38.3 Å². The standard InChI is InChI=1S/C44H46N4/c1-7-19-37(20-8-1)31-32-45-48(35-40-25-13-4-14-26-40)36-43(46-44(41-27-15-5-16-28-41)42-29-17-6-18-30-42)47(33-38-21-9-2-10-22-38)34-39-23-11-3-12-24-39/h1-30,43-46H,31-36H2. The Morgan fingerprint density at radius 2 is 0.792 bits per heavy atom. The molecule has 0 aliphatic carbocycles. The smallest absolute Gasteiger partial charge is 0.0755 e. The van der Waals surface area contributed by atoms with E-state index >= 15 is 0 Å². The van der Waals surface area contributed by atoms with E-state index in [9.17, 15) is 0 Å². The molecule has 0 aromatic heterocycles. The fourth-order valence-electron chi connectivity index (χ4n) is 6.25. The summed E-state index contributed by atoms with van der Waals surface area (Å²) in [4.78, 5) is 2.60. The summed E-state index contributed by atoms with van der Waals surface area (Å²) < 4.78 is 0. The van der Waals surface area contributed by atoms with Crippen LogP contribution in [0.4, 0.5) is 0 Å². The van der Waals surface area contributed by atoms with Crippen molar-refractivity contribution in [1.29, 1.82) is 0 Å². The molecule has 1 atom stereocenters. The summed E-state index contributed by atoms with van der Waals surface area (Å²) in [6.07, 6.45) is 0.947. The maximum absolute atomic E-state index is 4.20. The van der Waals surface area contributed by atoms with E-state index in [-0.39, 0.29) is 12.2 Å². The van der Waals surface area contributed by atoms with Crippen LogP contribution in [0.2, 0.25) is 0 Å². The van der Waals surface area contributed by atoms with Crippen LogP contribution in [0.5, 0.6) is 0 Å². The van der Waals surface area contributed by atoms with Crippen LogP contribution in [-0.4, -0.2) is 29.2 Å². The van der Waals surface area contributed by atoms with E-state index in [1.165, 1.54) is 33.4 Å². The zero-order valence-electron chi connectivity index (χ0n) is 27.6. The Bertz CT molecular complexity index is 1640. The molecule has 0 heterocycles. The van der Waals surface area contributed by atoms with E-state index in [2.05, 4.69) is 203 Å². The van der Waals surface area contributed by atoms with Crippen LogP contribution < -0.4 is 10.7 Å². The van der Waals surface area contributed by atoms with E-state index in [1.807, 2.05) is 0 Å². The number of hydrazine groups is 1. The lowest BCUT2D eigenvalue weighted by atomic mass is 9.98. The normalized spacial score (nSPS) is 12.1. The Labute approximate surface area is 286 Å². The van der Waals surface area contributed by atoms with Gasteiger partial charge in [0.1, 0.15) is 0 Å². The van der Waals surface area contributed by atoms with Gasteiger partial charge in [-0.05, 0) is 39.8 Å². The van der Waals surface area contributed by atoms with E-state index < -0.39 is 0 Å². The highest BCUT2D eigenvalue weighted by molar-refractivity contribution is 5.32. The van der Waals surface area contributed by atoms with Crippen molar-refractivity contribution in [3.05, 3.63) is 215 Å². The zero-order valence-corrected chi connectivity index (χ0v) is 27.6. The lowest BCUT2D eigenvalue weighted by Crippen LogP contribution is -2.55. The maximum Gasteiger partial charge on any atom is 0.0755 e. The van der Waals surface area contributed by atoms with Gasteiger partial charge >= 0.3 is 0 Å². The number of nitrogens with one attached hydrogen (secondary N) is 2. The number of nitrogens with zero attached hydrogens (tertiary/aromatic N) is 2. The minimum Gasteiger partial charge on any atom is -0.290 e. The Morgan fingerprint density at radius 1 is 0.417 bits per heavy atom. The Kier molecular flexibility index (Phi) is 12.3. The maximum atomic E-state index is 4.20. The zero-order chi connectivity index (χ0) is 32.6. The SMILES string of the molecule is c1ccc(CCNN(Cc2ccccc2)CC(NC(c2ccccc2)c2ccccc2)N(Cc2ccccc2)Cc2ccccc2)cc1. The van der Waals surface area contributed by atoms with Gasteiger partial charge in [0.05, 0.1) is 12.2 Å². The third-order valence-electron chi connectivity index (χ3n) is 8.72. The van der Waals surface area contributed by atoms with Crippen molar-refractivity contribution in [3.8, 4) is 0 Å². The third kappa shape index (κ3) is 10.1. The Hall–Kier alpha value is -4.84. The summed E-state index contributed by atoms with van der Waals surface area (Å²) in [5, 5.41) is 6.60. The van der Waals surface area contributed by atoms with Gasteiger partial charge in [-0.15, -0.1) is 0 Å². The molecule has 0 amide bonds. The van der Waals surface area contributed by atoms with Crippen molar-refractivity contribution in [1.82, 2.24) is 20.7 Å². The van der Waals surface area contributed by atoms with E-state index in [4.69, 9.17) is 0 Å². The molecule has 0 radical (unpaired) electrons. The van der Waals surface area contributed by atoms with Gasteiger partial charge in [0, 0.05) is 32.7 Å². The highest BCUT2D eigenvalue weighted by Gasteiger charge is 2.27.